The maximum atomic E-state index is 11.8. The molecule has 1 amide bonds. The summed E-state index contributed by atoms with van der Waals surface area (Å²) in [5.41, 5.74) is 1.05. The molecule has 19 heavy (non-hydrogen) atoms. The number of carbonyl (C=O) groups is 1. The summed E-state index contributed by atoms with van der Waals surface area (Å²) in [5.74, 6) is 0.125. The van der Waals surface area contributed by atoms with Crippen LogP contribution in [0.5, 0.6) is 0 Å². The minimum absolute atomic E-state index is 0. The molecular formula is C14H22ClN3O. The summed E-state index contributed by atoms with van der Waals surface area (Å²) in [6, 6.07) is 4.43. The van der Waals surface area contributed by atoms with Gasteiger partial charge in [0.05, 0.1) is 6.04 Å². The summed E-state index contributed by atoms with van der Waals surface area (Å²) >= 11 is 0. The molecule has 5 heteroatoms. The van der Waals surface area contributed by atoms with Crippen molar-refractivity contribution < 1.29 is 4.79 Å². The van der Waals surface area contributed by atoms with Crippen molar-refractivity contribution in [3.8, 4) is 0 Å². The smallest absolute Gasteiger partial charge is 0.220 e. The van der Waals surface area contributed by atoms with E-state index in [4.69, 9.17) is 0 Å². The lowest BCUT2D eigenvalue weighted by Gasteiger charge is -2.15. The maximum absolute atomic E-state index is 11.8. The van der Waals surface area contributed by atoms with Crippen LogP contribution in [0.25, 0.3) is 0 Å². The highest BCUT2D eigenvalue weighted by Gasteiger charge is 2.16. The zero-order valence-corrected chi connectivity index (χ0v) is 12.1. The zero-order chi connectivity index (χ0) is 12.8. The van der Waals surface area contributed by atoms with E-state index in [1.807, 2.05) is 19.1 Å². The first-order valence-corrected chi connectivity index (χ1v) is 6.68. The van der Waals surface area contributed by atoms with Crippen LogP contribution in [0.15, 0.2) is 24.5 Å². The Hall–Kier alpha value is -1.13. The number of carbonyl (C=O) groups excluding carboxylic acids is 1. The third kappa shape index (κ3) is 5.17. The number of hydrogen-bond donors (Lipinski definition) is 2. The van der Waals surface area contributed by atoms with Crippen molar-refractivity contribution in [2.75, 3.05) is 6.54 Å². The van der Waals surface area contributed by atoms with Crippen molar-refractivity contribution in [2.45, 2.75) is 44.7 Å². The molecule has 2 rings (SSSR count). The van der Waals surface area contributed by atoms with Crippen molar-refractivity contribution >= 4 is 18.3 Å². The van der Waals surface area contributed by atoms with Gasteiger partial charge in [-0.15, -0.1) is 12.4 Å². The summed E-state index contributed by atoms with van der Waals surface area (Å²) < 4.78 is 0. The number of halogens is 1. The van der Waals surface area contributed by atoms with E-state index in [-0.39, 0.29) is 24.4 Å². The predicted molar refractivity (Wildman–Crippen MR) is 78.3 cm³/mol. The Morgan fingerprint density at radius 1 is 1.63 bits per heavy atom. The Labute approximate surface area is 120 Å². The molecule has 1 fully saturated rings. The van der Waals surface area contributed by atoms with Crippen molar-refractivity contribution in [1.29, 1.82) is 0 Å². The molecule has 0 bridgehead atoms. The fraction of sp³-hybridized carbons (Fsp3) is 0.571. The van der Waals surface area contributed by atoms with E-state index in [1.165, 1.54) is 12.8 Å². The minimum atomic E-state index is 0. The Morgan fingerprint density at radius 2 is 2.47 bits per heavy atom. The first-order chi connectivity index (χ1) is 8.75. The lowest BCUT2D eigenvalue weighted by atomic mass is 10.1. The van der Waals surface area contributed by atoms with Crippen molar-refractivity contribution in [3.63, 3.8) is 0 Å². The average Bonchev–Trinajstić information content (AvgIpc) is 2.90. The number of pyridine rings is 1. The van der Waals surface area contributed by atoms with Crippen LogP contribution in [-0.2, 0) is 4.79 Å². The molecule has 2 unspecified atom stereocenters. The number of nitrogens with zero attached hydrogens (tertiary/aromatic N) is 1. The summed E-state index contributed by atoms with van der Waals surface area (Å²) in [4.78, 5) is 15.9. The summed E-state index contributed by atoms with van der Waals surface area (Å²) in [6.45, 7) is 3.08. The molecule has 0 radical (unpaired) electrons. The lowest BCUT2D eigenvalue weighted by molar-refractivity contribution is -0.121. The van der Waals surface area contributed by atoms with Crippen LogP contribution in [0.3, 0.4) is 0 Å². The van der Waals surface area contributed by atoms with Crippen LogP contribution < -0.4 is 10.6 Å². The van der Waals surface area contributed by atoms with Crippen LogP contribution in [-0.4, -0.2) is 23.5 Å². The van der Waals surface area contributed by atoms with E-state index in [1.54, 1.807) is 12.4 Å². The molecule has 4 nitrogen and oxygen atoms in total. The van der Waals surface area contributed by atoms with Gasteiger partial charge in [-0.1, -0.05) is 6.07 Å². The molecule has 1 aliphatic rings. The average molecular weight is 284 g/mol. The Kier molecular flexibility index (Phi) is 6.81. The van der Waals surface area contributed by atoms with E-state index in [0.717, 1.165) is 18.5 Å². The van der Waals surface area contributed by atoms with Gasteiger partial charge < -0.3 is 10.6 Å². The molecule has 0 aromatic carbocycles. The molecule has 0 spiro atoms. The van der Waals surface area contributed by atoms with Crippen LogP contribution >= 0.6 is 12.4 Å². The molecule has 0 aliphatic carbocycles. The Morgan fingerprint density at radius 3 is 3.11 bits per heavy atom. The SMILES string of the molecule is CC(NC(=O)CCC1CCCN1)c1cccnc1.Cl. The highest BCUT2D eigenvalue weighted by molar-refractivity contribution is 5.85. The first kappa shape index (κ1) is 15.9. The van der Waals surface area contributed by atoms with Crippen LogP contribution in [0, 0.1) is 0 Å². The number of amides is 1. The summed E-state index contributed by atoms with van der Waals surface area (Å²) in [7, 11) is 0. The molecular weight excluding hydrogens is 262 g/mol. The largest absolute Gasteiger partial charge is 0.350 e. The molecule has 1 aromatic rings. The maximum Gasteiger partial charge on any atom is 0.220 e. The van der Waals surface area contributed by atoms with Gasteiger partial charge in [0.25, 0.3) is 0 Å². The van der Waals surface area contributed by atoms with Crippen LogP contribution in [0.1, 0.15) is 44.2 Å². The quantitative estimate of drug-likeness (QED) is 0.871. The van der Waals surface area contributed by atoms with Gasteiger partial charge in [0.15, 0.2) is 0 Å². The van der Waals surface area contributed by atoms with Crippen molar-refractivity contribution in [1.82, 2.24) is 15.6 Å². The van der Waals surface area contributed by atoms with Gasteiger partial charge in [-0.05, 0) is 44.4 Å². The highest BCUT2D eigenvalue weighted by atomic mass is 35.5. The van der Waals surface area contributed by atoms with Crippen molar-refractivity contribution in [3.05, 3.63) is 30.1 Å². The topological polar surface area (TPSA) is 54.0 Å². The van der Waals surface area contributed by atoms with E-state index in [9.17, 15) is 4.79 Å². The number of nitrogens with one attached hydrogen (secondary N) is 2. The van der Waals surface area contributed by atoms with E-state index in [0.29, 0.717) is 12.5 Å². The lowest BCUT2D eigenvalue weighted by Crippen LogP contribution is -2.29. The second-order valence-electron chi connectivity index (χ2n) is 4.91. The molecule has 106 valence electrons. The third-order valence-corrected chi connectivity index (χ3v) is 3.44. The minimum Gasteiger partial charge on any atom is -0.350 e. The first-order valence-electron chi connectivity index (χ1n) is 6.68. The van der Waals surface area contributed by atoms with E-state index >= 15 is 0 Å². The normalized spacial score (nSPS) is 19.5. The predicted octanol–water partition coefficient (Wildman–Crippen LogP) is 2.21. The van der Waals surface area contributed by atoms with Gasteiger partial charge in [0.1, 0.15) is 0 Å². The molecule has 1 aromatic heterocycles. The molecule has 2 N–H and O–H groups in total. The van der Waals surface area contributed by atoms with Crippen LogP contribution in [0.2, 0.25) is 0 Å². The van der Waals surface area contributed by atoms with E-state index in [2.05, 4.69) is 15.6 Å². The fourth-order valence-corrected chi connectivity index (χ4v) is 2.34. The standard InChI is InChI=1S/C14H21N3O.ClH/c1-11(12-4-2-8-15-10-12)17-14(18)7-6-13-5-3-9-16-13;/h2,4,8,10-11,13,16H,3,5-7,9H2,1H3,(H,17,18);1H. The van der Waals surface area contributed by atoms with Gasteiger partial charge in [-0.3, -0.25) is 9.78 Å². The van der Waals surface area contributed by atoms with Gasteiger partial charge in [-0.2, -0.15) is 0 Å². The monoisotopic (exact) mass is 283 g/mol. The third-order valence-electron chi connectivity index (χ3n) is 3.44. The van der Waals surface area contributed by atoms with Gasteiger partial charge in [-0.25, -0.2) is 0 Å². The second-order valence-corrected chi connectivity index (χ2v) is 4.91. The molecule has 1 aliphatic heterocycles. The number of rotatable bonds is 5. The van der Waals surface area contributed by atoms with Crippen LogP contribution in [0.4, 0.5) is 0 Å². The highest BCUT2D eigenvalue weighted by Crippen LogP contribution is 2.13. The Balaban J connectivity index is 0.00000180. The van der Waals surface area contributed by atoms with Gasteiger partial charge in [0, 0.05) is 24.9 Å². The van der Waals surface area contributed by atoms with Gasteiger partial charge >= 0.3 is 0 Å². The van der Waals surface area contributed by atoms with Crippen molar-refractivity contribution in [2.24, 2.45) is 0 Å². The summed E-state index contributed by atoms with van der Waals surface area (Å²) in [6.07, 6.45) is 7.50. The number of hydrogen-bond acceptors (Lipinski definition) is 3. The fourth-order valence-electron chi connectivity index (χ4n) is 2.34. The summed E-state index contributed by atoms with van der Waals surface area (Å²) in [5, 5.41) is 6.42. The molecule has 0 saturated carbocycles. The second kappa shape index (κ2) is 8.12. The zero-order valence-electron chi connectivity index (χ0n) is 11.3. The molecule has 2 heterocycles. The Bertz CT molecular complexity index is 380. The number of aromatic nitrogens is 1. The molecule has 2 atom stereocenters. The molecule has 1 saturated heterocycles. The van der Waals surface area contributed by atoms with Gasteiger partial charge in [0.2, 0.25) is 5.91 Å². The van der Waals surface area contributed by atoms with E-state index < -0.39 is 0 Å².